The molecule has 0 radical (unpaired) electrons. The fourth-order valence-corrected chi connectivity index (χ4v) is 3.09. The Labute approximate surface area is 132 Å². The SMILES string of the molecule is CCc1ncnc2c1CCN(Cc1ccc(OC)cc1)CC2. The molecule has 0 spiro atoms. The molecule has 0 bridgehead atoms. The molecule has 1 aliphatic rings. The van der Waals surface area contributed by atoms with Gasteiger partial charge in [-0.05, 0) is 36.1 Å². The zero-order chi connectivity index (χ0) is 15.4. The van der Waals surface area contributed by atoms with Crippen molar-refractivity contribution >= 4 is 0 Å². The highest BCUT2D eigenvalue weighted by Gasteiger charge is 2.17. The van der Waals surface area contributed by atoms with Crippen LogP contribution in [0.25, 0.3) is 0 Å². The van der Waals surface area contributed by atoms with E-state index in [1.807, 2.05) is 12.1 Å². The largest absolute Gasteiger partial charge is 0.497 e. The van der Waals surface area contributed by atoms with Crippen molar-refractivity contribution in [3.05, 3.63) is 53.1 Å². The number of hydrogen-bond donors (Lipinski definition) is 0. The Morgan fingerprint density at radius 1 is 1.09 bits per heavy atom. The topological polar surface area (TPSA) is 38.2 Å². The van der Waals surface area contributed by atoms with Crippen LogP contribution in [0.3, 0.4) is 0 Å². The second-order valence-corrected chi connectivity index (χ2v) is 5.72. The Bertz CT molecular complexity index is 625. The molecule has 0 saturated heterocycles. The molecule has 0 aliphatic carbocycles. The van der Waals surface area contributed by atoms with Gasteiger partial charge in [-0.15, -0.1) is 0 Å². The van der Waals surface area contributed by atoms with E-state index in [1.165, 1.54) is 22.5 Å². The Kier molecular flexibility index (Phi) is 4.68. The maximum atomic E-state index is 5.22. The van der Waals surface area contributed by atoms with Crippen LogP contribution in [0, 0.1) is 0 Å². The molecule has 0 amide bonds. The quantitative estimate of drug-likeness (QED) is 0.869. The van der Waals surface area contributed by atoms with Crippen molar-refractivity contribution in [1.82, 2.24) is 14.9 Å². The minimum absolute atomic E-state index is 0.912. The zero-order valence-corrected chi connectivity index (χ0v) is 13.4. The molecular weight excluding hydrogens is 274 g/mol. The van der Waals surface area contributed by atoms with E-state index >= 15 is 0 Å². The molecule has 0 saturated carbocycles. The first-order valence-electron chi connectivity index (χ1n) is 7.97. The van der Waals surface area contributed by atoms with Crippen LogP contribution >= 0.6 is 0 Å². The Balaban J connectivity index is 1.68. The predicted octanol–water partition coefficient (Wildman–Crippen LogP) is 2.65. The normalized spacial score (nSPS) is 15.2. The number of aromatic nitrogens is 2. The van der Waals surface area contributed by atoms with Gasteiger partial charge in [0.1, 0.15) is 12.1 Å². The van der Waals surface area contributed by atoms with Gasteiger partial charge in [0.2, 0.25) is 0 Å². The van der Waals surface area contributed by atoms with Gasteiger partial charge in [-0.25, -0.2) is 9.97 Å². The number of nitrogens with zero attached hydrogens (tertiary/aromatic N) is 3. The summed E-state index contributed by atoms with van der Waals surface area (Å²) in [6.07, 6.45) is 4.77. The van der Waals surface area contributed by atoms with Gasteiger partial charge in [-0.1, -0.05) is 19.1 Å². The molecule has 2 aromatic rings. The minimum atomic E-state index is 0.912. The van der Waals surface area contributed by atoms with Crippen molar-refractivity contribution in [2.75, 3.05) is 20.2 Å². The number of benzene rings is 1. The molecule has 1 aromatic heterocycles. The lowest BCUT2D eigenvalue weighted by atomic mass is 10.1. The van der Waals surface area contributed by atoms with Gasteiger partial charge in [0, 0.05) is 37.4 Å². The predicted molar refractivity (Wildman–Crippen MR) is 87.1 cm³/mol. The van der Waals surface area contributed by atoms with E-state index in [1.54, 1.807) is 13.4 Å². The van der Waals surface area contributed by atoms with Crippen molar-refractivity contribution in [3.8, 4) is 5.75 Å². The van der Waals surface area contributed by atoms with Crippen LogP contribution < -0.4 is 4.74 Å². The van der Waals surface area contributed by atoms with E-state index in [0.717, 1.165) is 44.6 Å². The van der Waals surface area contributed by atoms with Crippen LogP contribution in [0.15, 0.2) is 30.6 Å². The van der Waals surface area contributed by atoms with Gasteiger partial charge >= 0.3 is 0 Å². The number of ether oxygens (including phenoxy) is 1. The Hall–Kier alpha value is -1.94. The van der Waals surface area contributed by atoms with Gasteiger partial charge in [0.05, 0.1) is 7.11 Å². The fourth-order valence-electron chi connectivity index (χ4n) is 3.09. The summed E-state index contributed by atoms with van der Waals surface area (Å²) >= 11 is 0. The number of methoxy groups -OCH3 is 1. The van der Waals surface area contributed by atoms with Crippen LogP contribution in [0.1, 0.15) is 29.4 Å². The van der Waals surface area contributed by atoms with Crippen molar-refractivity contribution in [2.45, 2.75) is 32.7 Å². The Morgan fingerprint density at radius 2 is 1.86 bits per heavy atom. The average Bonchev–Trinajstić information content (AvgIpc) is 2.78. The van der Waals surface area contributed by atoms with Gasteiger partial charge in [-0.3, -0.25) is 4.90 Å². The highest BCUT2D eigenvalue weighted by Crippen LogP contribution is 2.19. The summed E-state index contributed by atoms with van der Waals surface area (Å²) < 4.78 is 5.22. The lowest BCUT2D eigenvalue weighted by molar-refractivity contribution is 0.278. The second kappa shape index (κ2) is 6.88. The number of fused-ring (bicyclic) bond motifs is 1. The Morgan fingerprint density at radius 3 is 2.59 bits per heavy atom. The first kappa shape index (κ1) is 15.0. The summed E-state index contributed by atoms with van der Waals surface area (Å²) in [5.41, 5.74) is 5.16. The highest BCUT2D eigenvalue weighted by molar-refractivity contribution is 5.28. The van der Waals surface area contributed by atoms with Crippen molar-refractivity contribution in [1.29, 1.82) is 0 Å². The van der Waals surface area contributed by atoms with Gasteiger partial charge in [-0.2, -0.15) is 0 Å². The molecule has 0 unspecified atom stereocenters. The standard InChI is InChI=1S/C18H23N3O/c1-3-17-16-8-10-21(11-9-18(16)20-13-19-17)12-14-4-6-15(22-2)7-5-14/h4-7,13H,3,8-12H2,1-2H3. The zero-order valence-electron chi connectivity index (χ0n) is 13.4. The molecule has 116 valence electrons. The molecule has 0 atom stereocenters. The van der Waals surface area contributed by atoms with Crippen molar-refractivity contribution in [3.63, 3.8) is 0 Å². The lowest BCUT2D eigenvalue weighted by Crippen LogP contribution is -2.25. The van der Waals surface area contributed by atoms with Gasteiger partial charge in [0.25, 0.3) is 0 Å². The molecule has 4 nitrogen and oxygen atoms in total. The molecule has 4 heteroatoms. The van der Waals surface area contributed by atoms with Crippen LogP contribution in [0.4, 0.5) is 0 Å². The summed E-state index contributed by atoms with van der Waals surface area (Å²) in [5, 5.41) is 0. The minimum Gasteiger partial charge on any atom is -0.497 e. The van der Waals surface area contributed by atoms with Crippen molar-refractivity contribution in [2.24, 2.45) is 0 Å². The highest BCUT2D eigenvalue weighted by atomic mass is 16.5. The molecule has 0 fully saturated rings. The smallest absolute Gasteiger partial charge is 0.118 e. The third-order valence-electron chi connectivity index (χ3n) is 4.37. The van der Waals surface area contributed by atoms with Gasteiger partial charge in [0.15, 0.2) is 0 Å². The monoisotopic (exact) mass is 297 g/mol. The summed E-state index contributed by atoms with van der Waals surface area (Å²) in [5.74, 6) is 0.912. The molecule has 1 aliphatic heterocycles. The molecule has 3 rings (SSSR count). The summed E-state index contributed by atoms with van der Waals surface area (Å²) in [4.78, 5) is 11.4. The van der Waals surface area contributed by atoms with E-state index in [9.17, 15) is 0 Å². The van der Waals surface area contributed by atoms with Crippen LogP contribution in [0.5, 0.6) is 5.75 Å². The number of rotatable bonds is 4. The molecule has 0 N–H and O–H groups in total. The molecule has 22 heavy (non-hydrogen) atoms. The summed E-state index contributed by atoms with van der Waals surface area (Å²) in [6, 6.07) is 8.35. The van der Waals surface area contributed by atoms with Crippen LogP contribution in [-0.4, -0.2) is 35.1 Å². The van der Waals surface area contributed by atoms with E-state index in [-0.39, 0.29) is 0 Å². The second-order valence-electron chi connectivity index (χ2n) is 5.72. The van der Waals surface area contributed by atoms with Crippen LogP contribution in [0.2, 0.25) is 0 Å². The summed E-state index contributed by atoms with van der Waals surface area (Å²) in [6.45, 7) is 5.27. The van der Waals surface area contributed by atoms with E-state index in [0.29, 0.717) is 0 Å². The number of hydrogen-bond acceptors (Lipinski definition) is 4. The molecule has 1 aromatic carbocycles. The van der Waals surface area contributed by atoms with Crippen molar-refractivity contribution < 1.29 is 4.74 Å². The first-order chi connectivity index (χ1) is 10.8. The maximum Gasteiger partial charge on any atom is 0.118 e. The third-order valence-corrected chi connectivity index (χ3v) is 4.37. The molecular formula is C18H23N3O. The van der Waals surface area contributed by atoms with E-state index in [2.05, 4.69) is 33.9 Å². The van der Waals surface area contributed by atoms with Crippen LogP contribution in [-0.2, 0) is 25.8 Å². The van der Waals surface area contributed by atoms with Gasteiger partial charge < -0.3 is 4.74 Å². The fraction of sp³-hybridized carbons (Fsp3) is 0.444. The third kappa shape index (κ3) is 3.28. The molecule has 2 heterocycles. The number of aryl methyl sites for hydroxylation is 1. The lowest BCUT2D eigenvalue weighted by Gasteiger charge is -2.19. The van der Waals surface area contributed by atoms with E-state index < -0.39 is 0 Å². The summed E-state index contributed by atoms with van der Waals surface area (Å²) in [7, 11) is 1.70. The van der Waals surface area contributed by atoms with E-state index in [4.69, 9.17) is 4.74 Å². The maximum absolute atomic E-state index is 5.22. The average molecular weight is 297 g/mol. The first-order valence-corrected chi connectivity index (χ1v) is 7.97.